The molecule has 3 nitrogen and oxygen atoms in total. The third-order valence-corrected chi connectivity index (χ3v) is 2.93. The van der Waals surface area contributed by atoms with E-state index in [4.69, 9.17) is 0 Å². The number of rotatable bonds is 4. The molecule has 3 heteroatoms. The maximum atomic E-state index is 11.5. The van der Waals surface area contributed by atoms with Crippen molar-refractivity contribution in [2.24, 2.45) is 5.92 Å². The van der Waals surface area contributed by atoms with Crippen LogP contribution in [0.1, 0.15) is 32.1 Å². The smallest absolute Gasteiger partial charge is 0.237 e. The molecule has 2 fully saturated rings. The van der Waals surface area contributed by atoms with E-state index in [0.717, 1.165) is 31.8 Å². The molecular formula is C10H18N2O. The summed E-state index contributed by atoms with van der Waals surface area (Å²) in [4.78, 5) is 11.5. The first-order valence-corrected chi connectivity index (χ1v) is 5.37. The van der Waals surface area contributed by atoms with Gasteiger partial charge in [-0.3, -0.25) is 4.79 Å². The largest absolute Gasteiger partial charge is 0.355 e. The molecule has 0 aromatic heterocycles. The molecule has 13 heavy (non-hydrogen) atoms. The van der Waals surface area contributed by atoms with Crippen LogP contribution >= 0.6 is 0 Å². The second kappa shape index (κ2) is 4.09. The van der Waals surface area contributed by atoms with Crippen LogP contribution in [0.3, 0.4) is 0 Å². The summed E-state index contributed by atoms with van der Waals surface area (Å²) >= 11 is 0. The molecule has 0 unspecified atom stereocenters. The molecule has 1 saturated carbocycles. The van der Waals surface area contributed by atoms with Gasteiger partial charge in [0.2, 0.25) is 5.91 Å². The molecule has 0 aromatic carbocycles. The minimum absolute atomic E-state index is 0.0965. The SMILES string of the molecule is O=C(NCCC1CC1)[C@@H]1CCCN1. The van der Waals surface area contributed by atoms with E-state index >= 15 is 0 Å². The third-order valence-electron chi connectivity index (χ3n) is 2.93. The fraction of sp³-hybridized carbons (Fsp3) is 0.900. The van der Waals surface area contributed by atoms with Crippen molar-refractivity contribution in [3.63, 3.8) is 0 Å². The minimum Gasteiger partial charge on any atom is -0.355 e. The van der Waals surface area contributed by atoms with E-state index in [2.05, 4.69) is 10.6 Å². The molecular weight excluding hydrogens is 164 g/mol. The topological polar surface area (TPSA) is 41.1 Å². The molecule has 1 saturated heterocycles. The van der Waals surface area contributed by atoms with E-state index in [-0.39, 0.29) is 11.9 Å². The second-order valence-corrected chi connectivity index (χ2v) is 4.17. The van der Waals surface area contributed by atoms with Gasteiger partial charge in [-0.2, -0.15) is 0 Å². The van der Waals surface area contributed by atoms with Crippen molar-refractivity contribution in [3.05, 3.63) is 0 Å². The molecule has 0 bridgehead atoms. The van der Waals surface area contributed by atoms with E-state index in [9.17, 15) is 4.79 Å². The monoisotopic (exact) mass is 182 g/mol. The normalized spacial score (nSPS) is 27.5. The van der Waals surface area contributed by atoms with Gasteiger partial charge in [0, 0.05) is 6.54 Å². The fourth-order valence-corrected chi connectivity index (χ4v) is 1.84. The number of carbonyl (C=O) groups is 1. The quantitative estimate of drug-likeness (QED) is 0.670. The van der Waals surface area contributed by atoms with Gasteiger partial charge < -0.3 is 10.6 Å². The molecule has 2 rings (SSSR count). The third kappa shape index (κ3) is 2.69. The van der Waals surface area contributed by atoms with Crippen LogP contribution < -0.4 is 10.6 Å². The average molecular weight is 182 g/mol. The molecule has 74 valence electrons. The highest BCUT2D eigenvalue weighted by molar-refractivity contribution is 5.81. The van der Waals surface area contributed by atoms with Crippen molar-refractivity contribution in [2.45, 2.75) is 38.1 Å². The first-order valence-electron chi connectivity index (χ1n) is 5.37. The van der Waals surface area contributed by atoms with Gasteiger partial charge in [0.25, 0.3) is 0 Å². The summed E-state index contributed by atoms with van der Waals surface area (Å²) in [6.07, 6.45) is 6.07. The van der Waals surface area contributed by atoms with E-state index in [1.807, 2.05) is 0 Å². The summed E-state index contributed by atoms with van der Waals surface area (Å²) in [5, 5.41) is 6.19. The van der Waals surface area contributed by atoms with Gasteiger partial charge in [-0.15, -0.1) is 0 Å². The number of carbonyl (C=O) groups excluding carboxylic acids is 1. The maximum Gasteiger partial charge on any atom is 0.237 e. The van der Waals surface area contributed by atoms with Gasteiger partial charge >= 0.3 is 0 Å². The molecule has 0 aromatic rings. The van der Waals surface area contributed by atoms with Crippen LogP contribution in [-0.2, 0) is 4.79 Å². The minimum atomic E-state index is 0.0965. The van der Waals surface area contributed by atoms with Crippen molar-refractivity contribution in [1.29, 1.82) is 0 Å². The lowest BCUT2D eigenvalue weighted by Gasteiger charge is -2.10. The van der Waals surface area contributed by atoms with Crippen LogP contribution in [0.2, 0.25) is 0 Å². The lowest BCUT2D eigenvalue weighted by molar-refractivity contribution is -0.122. The Labute approximate surface area is 79.3 Å². The summed E-state index contributed by atoms with van der Waals surface area (Å²) in [5.74, 6) is 1.12. The van der Waals surface area contributed by atoms with Crippen molar-refractivity contribution in [1.82, 2.24) is 10.6 Å². The Kier molecular flexibility index (Phi) is 2.83. The first kappa shape index (κ1) is 9.00. The van der Waals surface area contributed by atoms with Crippen LogP contribution in [0, 0.1) is 5.92 Å². The Morgan fingerprint density at radius 3 is 2.85 bits per heavy atom. The molecule has 1 heterocycles. The van der Waals surface area contributed by atoms with Crippen molar-refractivity contribution >= 4 is 5.91 Å². The number of hydrogen-bond acceptors (Lipinski definition) is 2. The van der Waals surface area contributed by atoms with Crippen LogP contribution in [0.5, 0.6) is 0 Å². The Balaban J connectivity index is 1.59. The predicted octanol–water partition coefficient (Wildman–Crippen LogP) is 0.655. The zero-order valence-electron chi connectivity index (χ0n) is 8.01. The lowest BCUT2D eigenvalue weighted by atomic mass is 10.2. The van der Waals surface area contributed by atoms with Gasteiger partial charge in [-0.05, 0) is 31.7 Å². The van der Waals surface area contributed by atoms with E-state index in [1.54, 1.807) is 0 Å². The highest BCUT2D eigenvalue weighted by atomic mass is 16.2. The fourth-order valence-electron chi connectivity index (χ4n) is 1.84. The standard InChI is InChI=1S/C10H18N2O/c13-10(9-2-1-6-11-9)12-7-5-8-3-4-8/h8-9,11H,1-7H2,(H,12,13)/t9-/m0/s1. The molecule has 0 spiro atoms. The summed E-state index contributed by atoms with van der Waals surface area (Å²) in [6.45, 7) is 1.88. The van der Waals surface area contributed by atoms with E-state index in [0.29, 0.717) is 0 Å². The molecule has 2 aliphatic rings. The average Bonchev–Trinajstić information content (AvgIpc) is 2.80. The molecule has 1 aliphatic heterocycles. The first-order chi connectivity index (χ1) is 6.36. The van der Waals surface area contributed by atoms with Gasteiger partial charge in [-0.1, -0.05) is 12.8 Å². The zero-order valence-corrected chi connectivity index (χ0v) is 8.01. The second-order valence-electron chi connectivity index (χ2n) is 4.17. The molecule has 1 aliphatic carbocycles. The van der Waals surface area contributed by atoms with Crippen LogP contribution in [0.15, 0.2) is 0 Å². The van der Waals surface area contributed by atoms with E-state index < -0.39 is 0 Å². The van der Waals surface area contributed by atoms with Crippen molar-refractivity contribution in [2.75, 3.05) is 13.1 Å². The van der Waals surface area contributed by atoms with Crippen LogP contribution in [0.4, 0.5) is 0 Å². The molecule has 0 radical (unpaired) electrons. The highest BCUT2D eigenvalue weighted by Gasteiger charge is 2.23. The zero-order chi connectivity index (χ0) is 9.10. The molecule has 1 atom stereocenters. The summed E-state index contributed by atoms with van der Waals surface area (Å²) in [5.41, 5.74) is 0. The number of nitrogens with one attached hydrogen (secondary N) is 2. The number of hydrogen-bond donors (Lipinski definition) is 2. The number of amides is 1. The van der Waals surface area contributed by atoms with Gasteiger partial charge in [0.05, 0.1) is 6.04 Å². The Morgan fingerprint density at radius 1 is 1.38 bits per heavy atom. The van der Waals surface area contributed by atoms with Gasteiger partial charge in [0.15, 0.2) is 0 Å². The Bertz CT molecular complexity index is 183. The summed E-state index contributed by atoms with van der Waals surface area (Å²) in [7, 11) is 0. The summed E-state index contributed by atoms with van der Waals surface area (Å²) < 4.78 is 0. The Morgan fingerprint density at radius 2 is 2.23 bits per heavy atom. The van der Waals surface area contributed by atoms with Gasteiger partial charge in [-0.25, -0.2) is 0 Å². The molecule has 2 N–H and O–H groups in total. The summed E-state index contributed by atoms with van der Waals surface area (Å²) in [6, 6.07) is 0.0965. The Hall–Kier alpha value is -0.570. The predicted molar refractivity (Wildman–Crippen MR) is 51.4 cm³/mol. The molecule has 1 amide bonds. The van der Waals surface area contributed by atoms with Crippen molar-refractivity contribution in [3.8, 4) is 0 Å². The van der Waals surface area contributed by atoms with Gasteiger partial charge in [0.1, 0.15) is 0 Å². The highest BCUT2D eigenvalue weighted by Crippen LogP contribution is 2.31. The van der Waals surface area contributed by atoms with Crippen LogP contribution in [0.25, 0.3) is 0 Å². The lowest BCUT2D eigenvalue weighted by Crippen LogP contribution is -2.40. The van der Waals surface area contributed by atoms with Crippen LogP contribution in [-0.4, -0.2) is 25.0 Å². The maximum absolute atomic E-state index is 11.5. The van der Waals surface area contributed by atoms with E-state index in [1.165, 1.54) is 19.3 Å². The van der Waals surface area contributed by atoms with Crippen molar-refractivity contribution < 1.29 is 4.79 Å².